The molecule has 1 aromatic carbocycles. The first-order chi connectivity index (χ1) is 16.6. The molecular formula is C24H23N7O3. The van der Waals surface area contributed by atoms with Crippen molar-refractivity contribution in [2.24, 2.45) is 0 Å². The molecule has 4 rings (SSSR count). The minimum Gasteiger partial charge on any atom is -0.382 e. The molecule has 2 amide bonds. The van der Waals surface area contributed by atoms with E-state index in [1.807, 2.05) is 0 Å². The van der Waals surface area contributed by atoms with Crippen molar-refractivity contribution >= 4 is 29.0 Å². The fourth-order valence-corrected chi connectivity index (χ4v) is 3.33. The monoisotopic (exact) mass is 457 g/mol. The number of imidazole rings is 1. The van der Waals surface area contributed by atoms with Crippen molar-refractivity contribution in [2.45, 2.75) is 6.54 Å². The van der Waals surface area contributed by atoms with Crippen molar-refractivity contribution in [1.29, 1.82) is 0 Å². The zero-order valence-electron chi connectivity index (χ0n) is 18.4. The molecule has 0 bridgehead atoms. The molecular weight excluding hydrogens is 434 g/mol. The Morgan fingerprint density at radius 3 is 2.68 bits per heavy atom. The largest absolute Gasteiger partial charge is 0.382 e. The van der Waals surface area contributed by atoms with Crippen LogP contribution in [0.1, 0.15) is 16.2 Å². The molecule has 0 fully saturated rings. The van der Waals surface area contributed by atoms with Crippen molar-refractivity contribution in [3.05, 3.63) is 84.6 Å². The van der Waals surface area contributed by atoms with Gasteiger partial charge in [0, 0.05) is 42.9 Å². The van der Waals surface area contributed by atoms with E-state index < -0.39 is 0 Å². The lowest BCUT2D eigenvalue weighted by atomic mass is 10.1. The first-order valence-electron chi connectivity index (χ1n) is 10.4. The van der Waals surface area contributed by atoms with Crippen LogP contribution >= 0.6 is 0 Å². The van der Waals surface area contributed by atoms with E-state index in [2.05, 4.69) is 20.6 Å². The van der Waals surface area contributed by atoms with E-state index in [0.29, 0.717) is 40.8 Å². The molecule has 4 N–H and O–H groups in total. The summed E-state index contributed by atoms with van der Waals surface area (Å²) in [7, 11) is 1.55. The van der Waals surface area contributed by atoms with Crippen LogP contribution in [-0.4, -0.2) is 44.9 Å². The number of benzene rings is 1. The lowest BCUT2D eigenvalue weighted by Crippen LogP contribution is -2.21. The van der Waals surface area contributed by atoms with Gasteiger partial charge in [0.2, 0.25) is 5.91 Å². The number of hydrogen-bond acceptors (Lipinski definition) is 7. The zero-order chi connectivity index (χ0) is 23.9. The molecule has 0 aliphatic carbocycles. The van der Waals surface area contributed by atoms with Gasteiger partial charge in [0.15, 0.2) is 0 Å². The number of amides is 2. The van der Waals surface area contributed by atoms with Gasteiger partial charge in [0.25, 0.3) is 5.91 Å². The molecule has 10 heteroatoms. The van der Waals surface area contributed by atoms with Crippen molar-refractivity contribution in [2.75, 3.05) is 24.8 Å². The van der Waals surface area contributed by atoms with Gasteiger partial charge in [-0.05, 0) is 24.3 Å². The predicted molar refractivity (Wildman–Crippen MR) is 128 cm³/mol. The smallest absolute Gasteiger partial charge is 0.256 e. The molecule has 0 radical (unpaired) electrons. The Kier molecular flexibility index (Phi) is 6.89. The number of nitrogens with one attached hydrogen (secondary N) is 2. The summed E-state index contributed by atoms with van der Waals surface area (Å²) in [6, 6.07) is 12.3. The van der Waals surface area contributed by atoms with Gasteiger partial charge < -0.3 is 21.1 Å². The highest BCUT2D eigenvalue weighted by molar-refractivity contribution is 6.04. The topological polar surface area (TPSA) is 137 Å². The van der Waals surface area contributed by atoms with Gasteiger partial charge in [-0.25, -0.2) is 15.0 Å². The van der Waals surface area contributed by atoms with Crippen molar-refractivity contribution < 1.29 is 14.3 Å². The molecule has 3 heterocycles. The first kappa shape index (κ1) is 22.6. The summed E-state index contributed by atoms with van der Waals surface area (Å²) < 4.78 is 6.69. The van der Waals surface area contributed by atoms with E-state index in [1.54, 1.807) is 78.6 Å². The lowest BCUT2D eigenvalue weighted by molar-refractivity contribution is -0.116. The Hall–Kier alpha value is -4.57. The molecule has 0 saturated carbocycles. The summed E-state index contributed by atoms with van der Waals surface area (Å²) in [5.74, 6) is 0.829. The Labute approximate surface area is 195 Å². The highest BCUT2D eigenvalue weighted by atomic mass is 16.5. The van der Waals surface area contributed by atoms with Gasteiger partial charge in [0.05, 0.1) is 13.2 Å². The number of pyridine rings is 1. The van der Waals surface area contributed by atoms with Crippen LogP contribution in [0.3, 0.4) is 0 Å². The van der Waals surface area contributed by atoms with E-state index in [4.69, 9.17) is 15.5 Å². The zero-order valence-corrected chi connectivity index (χ0v) is 18.4. The minimum atomic E-state index is -0.272. The van der Waals surface area contributed by atoms with Gasteiger partial charge in [-0.15, -0.1) is 0 Å². The molecule has 34 heavy (non-hydrogen) atoms. The highest BCUT2D eigenvalue weighted by Gasteiger charge is 2.17. The van der Waals surface area contributed by atoms with Crippen LogP contribution in [0, 0.1) is 0 Å². The molecule has 4 aromatic rings. The van der Waals surface area contributed by atoms with E-state index >= 15 is 0 Å². The third-order valence-electron chi connectivity index (χ3n) is 4.94. The number of aromatic nitrogens is 4. The Balaban J connectivity index is 1.57. The van der Waals surface area contributed by atoms with Crippen molar-refractivity contribution in [3.8, 4) is 11.3 Å². The molecule has 0 aliphatic rings. The van der Waals surface area contributed by atoms with E-state index in [9.17, 15) is 9.59 Å². The number of rotatable bonds is 8. The molecule has 0 saturated heterocycles. The Morgan fingerprint density at radius 2 is 1.94 bits per heavy atom. The summed E-state index contributed by atoms with van der Waals surface area (Å²) in [6.07, 6.45) is 7.95. The second kappa shape index (κ2) is 10.4. The molecule has 0 aliphatic heterocycles. The van der Waals surface area contributed by atoms with Crippen LogP contribution in [0.4, 0.5) is 11.6 Å². The van der Waals surface area contributed by atoms with Crippen LogP contribution in [0.5, 0.6) is 0 Å². The molecule has 10 nitrogen and oxygen atoms in total. The standard InChI is InChI=1S/C24H23N7O3/c1-34-14-4-6-20(32)28-15-19-30-21(22-23(25)27-12-13-31(19)22)16-7-9-17(10-8-16)24(33)29-18-5-2-3-11-26-18/h2-13H,14-15H2,1H3,(H2,25,27)(H,28,32)(H,26,29,33)/b6-4+. The second-order valence-corrected chi connectivity index (χ2v) is 7.23. The maximum Gasteiger partial charge on any atom is 0.256 e. The van der Waals surface area contributed by atoms with Gasteiger partial charge in [-0.3, -0.25) is 14.0 Å². The molecule has 0 unspecified atom stereocenters. The van der Waals surface area contributed by atoms with Crippen LogP contribution in [0.25, 0.3) is 16.8 Å². The number of nitrogens with two attached hydrogens (primary N) is 1. The van der Waals surface area contributed by atoms with E-state index in [0.717, 1.165) is 5.56 Å². The van der Waals surface area contributed by atoms with Gasteiger partial charge in [-0.2, -0.15) is 0 Å². The maximum absolute atomic E-state index is 12.5. The quantitative estimate of drug-likeness (QED) is 0.346. The van der Waals surface area contributed by atoms with Gasteiger partial charge >= 0.3 is 0 Å². The normalized spacial score (nSPS) is 11.1. The third-order valence-corrected chi connectivity index (χ3v) is 4.94. The number of carbonyl (C=O) groups is 2. The number of methoxy groups -OCH3 is 1. The lowest BCUT2D eigenvalue weighted by Gasteiger charge is -2.05. The fraction of sp³-hybridized carbons (Fsp3) is 0.125. The van der Waals surface area contributed by atoms with Crippen molar-refractivity contribution in [3.63, 3.8) is 0 Å². The molecule has 172 valence electrons. The first-order valence-corrected chi connectivity index (χ1v) is 10.4. The molecule has 0 atom stereocenters. The summed E-state index contributed by atoms with van der Waals surface area (Å²) in [4.78, 5) is 37.5. The fourth-order valence-electron chi connectivity index (χ4n) is 3.33. The number of nitrogen functional groups attached to an aromatic ring is 1. The third kappa shape index (κ3) is 5.08. The number of fused-ring (bicyclic) bond motifs is 1. The number of hydrogen-bond donors (Lipinski definition) is 3. The number of nitrogens with zero attached hydrogens (tertiary/aromatic N) is 4. The van der Waals surface area contributed by atoms with Crippen molar-refractivity contribution in [1.82, 2.24) is 24.7 Å². The average molecular weight is 457 g/mol. The van der Waals surface area contributed by atoms with Crippen LogP contribution in [0.2, 0.25) is 0 Å². The Morgan fingerprint density at radius 1 is 1.12 bits per heavy atom. The van der Waals surface area contributed by atoms with Crippen LogP contribution in [0.15, 0.2) is 73.2 Å². The SMILES string of the molecule is COC/C=C/C(=O)NCc1nc(-c2ccc(C(=O)Nc3ccccn3)cc2)c2c(N)nccn12. The summed E-state index contributed by atoms with van der Waals surface area (Å²) in [5.41, 5.74) is 8.60. The van der Waals surface area contributed by atoms with Crippen LogP contribution in [-0.2, 0) is 16.1 Å². The number of carbonyl (C=O) groups excluding carboxylic acids is 2. The highest BCUT2D eigenvalue weighted by Crippen LogP contribution is 2.28. The maximum atomic E-state index is 12.5. The second-order valence-electron chi connectivity index (χ2n) is 7.23. The predicted octanol–water partition coefficient (Wildman–Crippen LogP) is 2.44. The summed E-state index contributed by atoms with van der Waals surface area (Å²) in [5, 5.41) is 5.55. The average Bonchev–Trinajstić information content (AvgIpc) is 3.23. The van der Waals surface area contributed by atoms with Gasteiger partial charge in [0.1, 0.15) is 28.7 Å². The molecule has 0 spiro atoms. The number of anilines is 2. The van der Waals surface area contributed by atoms with Gasteiger partial charge in [-0.1, -0.05) is 24.3 Å². The number of ether oxygens (including phenoxy) is 1. The van der Waals surface area contributed by atoms with E-state index in [1.165, 1.54) is 6.08 Å². The molecule has 3 aromatic heterocycles. The minimum absolute atomic E-state index is 0.186. The van der Waals surface area contributed by atoms with Crippen LogP contribution < -0.4 is 16.4 Å². The summed E-state index contributed by atoms with van der Waals surface area (Å²) in [6.45, 7) is 0.535. The van der Waals surface area contributed by atoms with E-state index in [-0.39, 0.29) is 18.4 Å². The Bertz CT molecular complexity index is 1330. The summed E-state index contributed by atoms with van der Waals surface area (Å²) >= 11 is 0.